The minimum absolute atomic E-state index is 0.00241. The smallest absolute Gasteiger partial charge is 0.356 e. The van der Waals surface area contributed by atoms with Crippen LogP contribution in [0.5, 0.6) is 51.7 Å². The first kappa shape index (κ1) is 87.2. The number of para-hydroxylation sites is 1. The van der Waals surface area contributed by atoms with Crippen LogP contribution in [0.1, 0.15) is 102 Å². The van der Waals surface area contributed by atoms with Crippen LogP contribution >= 0.6 is 7.60 Å². The molecule has 29 nitrogen and oxygen atoms in total. The third-order valence-corrected chi connectivity index (χ3v) is 15.2. The van der Waals surface area contributed by atoms with Crippen molar-refractivity contribution in [3.8, 4) is 51.7 Å². The summed E-state index contributed by atoms with van der Waals surface area (Å²) in [6, 6.07) is 41.0. The summed E-state index contributed by atoms with van der Waals surface area (Å²) in [6.07, 6.45) is 0. The molecule has 0 atom stereocenters. The van der Waals surface area contributed by atoms with Crippen LogP contribution in [0.2, 0.25) is 0 Å². The van der Waals surface area contributed by atoms with Crippen molar-refractivity contribution in [3.05, 3.63) is 248 Å². The molecule has 0 unspecified atom stereocenters. The number of hydrogen-bond donors (Lipinski definition) is 17. The summed E-state index contributed by atoms with van der Waals surface area (Å²) in [4.78, 5) is 79.4. The lowest BCUT2D eigenvalue weighted by atomic mass is 10.0. The van der Waals surface area contributed by atoms with E-state index in [1.54, 1.807) is 109 Å². The fourth-order valence-corrected chi connectivity index (χ4v) is 8.99. The summed E-state index contributed by atoms with van der Waals surface area (Å²) >= 11 is 0. The van der Waals surface area contributed by atoms with Crippen molar-refractivity contribution < 1.29 is 140 Å². The summed E-state index contributed by atoms with van der Waals surface area (Å²) < 4.78 is 74.6. The van der Waals surface area contributed by atoms with Crippen LogP contribution in [0.3, 0.4) is 0 Å². The Kier molecular flexibility index (Phi) is 34.7. The molecule has 0 radical (unpaired) electrons. The first-order chi connectivity index (χ1) is 46.6. The van der Waals surface area contributed by atoms with Gasteiger partial charge in [-0.25, -0.2) is 24.0 Å². The lowest BCUT2D eigenvalue weighted by Crippen LogP contribution is -2.07. The zero-order chi connectivity index (χ0) is 77.6. The van der Waals surface area contributed by atoms with Gasteiger partial charge in [0.2, 0.25) is 0 Å². The molecule has 17 N–H and O–H groups in total. The molecule has 0 saturated carbocycles. The number of hydrogen-bond acceptors (Lipinski definition) is 20. The molecular weight excluding hydrogens is 1390 g/mol. The molecule has 101 heavy (non-hydrogen) atoms. The molecule has 9 aromatic rings. The van der Waals surface area contributed by atoms with Gasteiger partial charge in [0.05, 0.1) is 32.5 Å². The molecule has 0 amide bonds. The minimum Gasteiger partial charge on any atom is -0.508 e. The molecule has 0 aliphatic heterocycles. The molecule has 9 rings (SSSR count). The highest BCUT2D eigenvalue weighted by molar-refractivity contribution is 7.86. The summed E-state index contributed by atoms with van der Waals surface area (Å²) in [5.41, 5.74) is 6.57. The van der Waals surface area contributed by atoms with E-state index < -0.39 is 74.1 Å². The number of phenolic OH excluding ortho intramolecular Hbond substituents is 7. The molecule has 0 fully saturated rings. The third kappa shape index (κ3) is 31.9. The van der Waals surface area contributed by atoms with Gasteiger partial charge in [-0.05, 0) is 199 Å². The SMILES string of the molecule is Cc1cc(C(=O)O)cc(C(=O)O)c1.Cc1cc(O)c(O)c(O)c1.Cc1ccc(C(=O)O)c(C(=O)O)c1.Cc1ccc(C(=O)O)c(O)c1.Cc1ccc(O)c(S(=O)(=O)O)c1.Cc1ccc(O)cc1OC=O.Cc1ccc(P(=O)(O)O)cc1.Cc1ccc(S(=O)(=O)O)cc1.Cc1cccc(O)c1O. The highest BCUT2D eigenvalue weighted by atomic mass is 32.2. The molecule has 0 aromatic heterocycles. The predicted molar refractivity (Wildman–Crippen MR) is 367 cm³/mol. The van der Waals surface area contributed by atoms with E-state index in [0.717, 1.165) is 33.9 Å². The number of ether oxygens (including phenoxy) is 1. The van der Waals surface area contributed by atoms with Crippen LogP contribution in [0, 0.1) is 62.3 Å². The van der Waals surface area contributed by atoms with Gasteiger partial charge in [-0.1, -0.05) is 77.4 Å². The van der Waals surface area contributed by atoms with Crippen molar-refractivity contribution in [2.45, 2.75) is 72.1 Å². The van der Waals surface area contributed by atoms with E-state index in [1.807, 2.05) is 13.8 Å². The minimum atomic E-state index is -4.31. The zero-order valence-corrected chi connectivity index (χ0v) is 57.5. The summed E-state index contributed by atoms with van der Waals surface area (Å²) in [7, 11) is -12.4. The zero-order valence-electron chi connectivity index (χ0n) is 55.0. The maximum absolute atomic E-state index is 10.6. The Morgan fingerprint density at radius 3 is 1.21 bits per heavy atom. The van der Waals surface area contributed by atoms with E-state index >= 15 is 0 Å². The van der Waals surface area contributed by atoms with Crippen molar-refractivity contribution in [1.82, 2.24) is 0 Å². The predicted octanol–water partition coefficient (Wildman–Crippen LogP) is 10.9. The van der Waals surface area contributed by atoms with Crippen LogP contribution in [0.4, 0.5) is 0 Å². The fourth-order valence-electron chi connectivity index (χ4n) is 7.30. The monoisotopic (exact) mass is 1460 g/mol. The van der Waals surface area contributed by atoms with Crippen molar-refractivity contribution >= 4 is 69.5 Å². The first-order valence-electron chi connectivity index (χ1n) is 28.3. The van der Waals surface area contributed by atoms with E-state index in [-0.39, 0.29) is 72.5 Å². The molecule has 9 aromatic carbocycles. The highest BCUT2D eigenvalue weighted by Crippen LogP contribution is 2.35. The Bertz CT molecular complexity index is 4570. The van der Waals surface area contributed by atoms with E-state index in [4.69, 9.17) is 85.3 Å². The number of carbonyl (C=O) groups excluding carboxylic acids is 1. The maximum Gasteiger partial charge on any atom is 0.356 e. The number of benzene rings is 9. The normalized spacial score (nSPS) is 10.2. The molecule has 0 spiro atoms. The van der Waals surface area contributed by atoms with Gasteiger partial charge in [-0.15, -0.1) is 0 Å². The van der Waals surface area contributed by atoms with Gasteiger partial charge < -0.3 is 80.9 Å². The van der Waals surface area contributed by atoms with E-state index in [0.29, 0.717) is 34.5 Å². The van der Waals surface area contributed by atoms with Crippen LogP contribution in [0.25, 0.3) is 0 Å². The summed E-state index contributed by atoms with van der Waals surface area (Å²) in [5.74, 6) is -7.08. The van der Waals surface area contributed by atoms with Crippen LogP contribution in [0.15, 0.2) is 180 Å². The number of carbonyl (C=O) groups is 6. The van der Waals surface area contributed by atoms with E-state index in [1.165, 1.54) is 103 Å². The van der Waals surface area contributed by atoms with Gasteiger partial charge in [0.15, 0.2) is 28.7 Å². The second-order valence-electron chi connectivity index (χ2n) is 21.1. The van der Waals surface area contributed by atoms with Crippen molar-refractivity contribution in [2.75, 3.05) is 0 Å². The number of aryl methyl sites for hydroxylation is 9. The number of aromatic hydroxyl groups is 8. The van der Waals surface area contributed by atoms with Gasteiger partial charge in [0.1, 0.15) is 33.5 Å². The van der Waals surface area contributed by atoms with Crippen molar-refractivity contribution in [1.29, 1.82) is 0 Å². The lowest BCUT2D eigenvalue weighted by molar-refractivity contribution is -0.120. The van der Waals surface area contributed by atoms with Crippen molar-refractivity contribution in [2.24, 2.45) is 0 Å². The average molecular weight is 1460 g/mol. The summed E-state index contributed by atoms with van der Waals surface area (Å²) in [5, 5.41) is 115. The second-order valence-corrected chi connectivity index (χ2v) is 25.5. The molecule has 0 saturated heterocycles. The molecule has 0 aliphatic rings. The van der Waals surface area contributed by atoms with Gasteiger partial charge in [0, 0.05) is 6.07 Å². The molecule has 0 aliphatic carbocycles. The molecule has 32 heteroatoms. The van der Waals surface area contributed by atoms with Gasteiger partial charge >= 0.3 is 37.4 Å². The van der Waals surface area contributed by atoms with Gasteiger partial charge in [-0.2, -0.15) is 16.8 Å². The summed E-state index contributed by atoms with van der Waals surface area (Å²) in [6.45, 7) is 16.1. The number of carboxylic acid groups (broad SMARTS) is 5. The number of rotatable bonds is 10. The van der Waals surface area contributed by atoms with Crippen LogP contribution in [-0.2, 0) is 29.6 Å². The maximum atomic E-state index is 10.6. The Hall–Kier alpha value is -11.8. The molecule has 0 heterocycles. The number of aromatic carboxylic acids is 5. The Labute approximate surface area is 578 Å². The standard InChI is InChI=1S/2C9H8O4.2C8H8O3.C7H8O4S.C7H9O3P.C7H8O3S.C7H8O3.C7H8O2/c1-5-2-6(8(10)11)4-7(3-5)9(12)13;1-5-2-3-6(8(10)11)7(4-5)9(12)13;1-6-2-3-7(10)4-8(6)11-5-9;1-5-2-3-6(8(10)11)7(9)4-5;1-5-2-3-6(8)7(4-5)12(9,10)11;2*1-6-2-4-7(5-3-6)11(8,9)10;1-4-2-5(8)7(10)6(9)3-4;1-5-3-2-4-6(8)7(5)9/h2*2-4H,1H3,(H,10,11)(H,12,13);2-5,10H,1H3;2-4,9H,1H3,(H,10,11);2-4,8H,1H3,(H,9,10,11);2-5H,1H3,(H2,8,9,10);2-5H,1H3,(H,8,9,10);2-3,8-10H,1H3;2-4,8-9H,1H3. The number of phenols is 8. The largest absolute Gasteiger partial charge is 0.508 e. The van der Waals surface area contributed by atoms with Crippen LogP contribution < -0.4 is 10.0 Å². The molecular formula is C69H73O29PS2. The lowest BCUT2D eigenvalue weighted by Gasteiger charge is -2.02. The molecule has 540 valence electrons. The topological polar surface area (TPSA) is 541 Å². The number of carboxylic acids is 5. The van der Waals surface area contributed by atoms with Crippen molar-refractivity contribution in [3.63, 3.8) is 0 Å². The second kappa shape index (κ2) is 40.2. The Balaban J connectivity index is 0.000000569. The quantitative estimate of drug-likeness (QED) is 0.0262. The van der Waals surface area contributed by atoms with E-state index in [2.05, 4.69) is 4.74 Å². The van der Waals surface area contributed by atoms with Gasteiger partial charge in [-0.3, -0.25) is 18.5 Å². The average Bonchev–Trinajstić information content (AvgIpc) is 0.845. The van der Waals surface area contributed by atoms with E-state index in [9.17, 15) is 50.2 Å². The Morgan fingerprint density at radius 2 is 0.802 bits per heavy atom. The fraction of sp³-hybridized carbons (Fsp3) is 0.130. The van der Waals surface area contributed by atoms with Crippen LogP contribution in [-0.4, -0.2) is 138 Å². The first-order valence-corrected chi connectivity index (χ1v) is 32.8. The van der Waals surface area contributed by atoms with Gasteiger partial charge in [0.25, 0.3) is 26.7 Å². The molecule has 0 bridgehead atoms. The Morgan fingerprint density at radius 1 is 0.376 bits per heavy atom. The highest BCUT2D eigenvalue weighted by Gasteiger charge is 2.18. The third-order valence-electron chi connectivity index (χ3n) is 12.5.